The fraction of sp³-hybridized carbons (Fsp3) is 0.296. The van der Waals surface area contributed by atoms with E-state index in [1.165, 1.54) is 24.3 Å². The van der Waals surface area contributed by atoms with Crippen LogP contribution in [0.3, 0.4) is 0 Å². The highest BCUT2D eigenvalue weighted by molar-refractivity contribution is 7.85. The third-order valence-corrected chi connectivity index (χ3v) is 8.42. The summed E-state index contributed by atoms with van der Waals surface area (Å²) in [4.78, 5) is 18.1. The number of hydrogen-bond acceptors (Lipinski definition) is 6. The molecular formula is C27H28NO8PS. The Bertz CT molecular complexity index is 1630. The van der Waals surface area contributed by atoms with Crippen LogP contribution in [-0.2, 0) is 20.1 Å². The van der Waals surface area contributed by atoms with Crippen LogP contribution in [0.15, 0.2) is 70.4 Å². The van der Waals surface area contributed by atoms with E-state index < -0.39 is 23.4 Å². The summed E-state index contributed by atoms with van der Waals surface area (Å²) in [6.45, 7) is 6.67. The minimum atomic E-state index is -4.70. The summed E-state index contributed by atoms with van der Waals surface area (Å²) in [7, 11) is -9.27. The molecule has 0 bridgehead atoms. The Balaban J connectivity index is 1.52. The molecule has 0 spiro atoms. The smallest absolute Gasteiger partial charge is 0.524 e. The Labute approximate surface area is 221 Å². The lowest BCUT2D eigenvalue weighted by Gasteiger charge is -2.27. The maximum absolute atomic E-state index is 11.7. The molecule has 2 aromatic carbocycles. The van der Waals surface area contributed by atoms with Gasteiger partial charge in [0, 0.05) is 29.3 Å². The van der Waals surface area contributed by atoms with E-state index in [4.69, 9.17) is 19.0 Å². The highest BCUT2D eigenvalue weighted by atomic mass is 32.2. The fourth-order valence-corrected chi connectivity index (χ4v) is 6.26. The van der Waals surface area contributed by atoms with E-state index in [1.807, 2.05) is 39.0 Å². The molecule has 200 valence electrons. The predicted molar refractivity (Wildman–Crippen MR) is 141 cm³/mol. The topological polar surface area (TPSA) is 136 Å². The SMILES string of the molecule is CC[N+]1=C(/C=C/C2=C3Oc4cc(OP(=O)(O)O)ccc4C=C3CCC2)C(C)(C)c2cc(S(=O)(=O)[O-])ccc21. The molecule has 5 rings (SSSR count). The van der Waals surface area contributed by atoms with E-state index in [9.17, 15) is 17.5 Å². The second-order valence-electron chi connectivity index (χ2n) is 9.98. The molecular weight excluding hydrogens is 529 g/mol. The molecule has 38 heavy (non-hydrogen) atoms. The minimum Gasteiger partial charge on any atom is -0.744 e. The molecule has 0 atom stereocenters. The van der Waals surface area contributed by atoms with Gasteiger partial charge in [-0.25, -0.2) is 13.0 Å². The van der Waals surface area contributed by atoms with Gasteiger partial charge in [0.15, 0.2) is 5.71 Å². The molecule has 0 amide bonds. The molecule has 0 aromatic heterocycles. The maximum Gasteiger partial charge on any atom is 0.524 e. The molecule has 3 aliphatic rings. The van der Waals surface area contributed by atoms with Crippen LogP contribution in [0.5, 0.6) is 11.5 Å². The summed E-state index contributed by atoms with van der Waals surface area (Å²) in [5, 5.41) is 0. The van der Waals surface area contributed by atoms with Crippen LogP contribution in [0.4, 0.5) is 5.69 Å². The summed E-state index contributed by atoms with van der Waals surface area (Å²) >= 11 is 0. The van der Waals surface area contributed by atoms with E-state index in [-0.39, 0.29) is 10.6 Å². The Morgan fingerprint density at radius 3 is 2.61 bits per heavy atom. The number of fused-ring (bicyclic) bond motifs is 3. The van der Waals surface area contributed by atoms with Crippen molar-refractivity contribution in [3.8, 4) is 11.5 Å². The Morgan fingerprint density at radius 2 is 1.92 bits per heavy atom. The number of phosphoric ester groups is 1. The van der Waals surface area contributed by atoms with Crippen molar-refractivity contribution in [2.45, 2.75) is 50.3 Å². The zero-order chi connectivity index (χ0) is 27.5. The summed E-state index contributed by atoms with van der Waals surface area (Å²) in [6, 6.07) is 9.19. The lowest BCUT2D eigenvalue weighted by molar-refractivity contribution is -0.433. The molecule has 2 aromatic rings. The Morgan fingerprint density at radius 1 is 1.16 bits per heavy atom. The molecule has 11 heteroatoms. The van der Waals surface area contributed by atoms with E-state index >= 15 is 0 Å². The molecule has 0 unspecified atom stereocenters. The number of nitrogens with zero attached hydrogens (tertiary/aromatic N) is 1. The summed E-state index contributed by atoms with van der Waals surface area (Å²) in [5.74, 6) is 1.18. The lowest BCUT2D eigenvalue weighted by atomic mass is 9.81. The third-order valence-electron chi connectivity index (χ3n) is 7.14. The first-order valence-corrected chi connectivity index (χ1v) is 15.2. The number of rotatable bonds is 6. The quantitative estimate of drug-likeness (QED) is 0.290. The summed E-state index contributed by atoms with van der Waals surface area (Å²) < 4.78 is 59.3. The summed E-state index contributed by atoms with van der Waals surface area (Å²) in [5.41, 5.74) is 4.89. The van der Waals surface area contributed by atoms with Crippen LogP contribution in [0.25, 0.3) is 6.08 Å². The fourth-order valence-electron chi connectivity index (χ4n) is 5.37. The van der Waals surface area contributed by atoms with Crippen molar-refractivity contribution < 1.29 is 41.2 Å². The van der Waals surface area contributed by atoms with Gasteiger partial charge >= 0.3 is 7.82 Å². The monoisotopic (exact) mass is 557 g/mol. The average Bonchev–Trinajstić information content (AvgIpc) is 3.05. The van der Waals surface area contributed by atoms with Crippen LogP contribution < -0.4 is 9.26 Å². The lowest BCUT2D eigenvalue weighted by Crippen LogP contribution is -2.27. The molecule has 2 N–H and O–H groups in total. The number of ether oxygens (including phenoxy) is 1. The molecule has 0 fully saturated rings. The van der Waals surface area contributed by atoms with Gasteiger partial charge in [0.05, 0.1) is 10.3 Å². The molecule has 0 saturated carbocycles. The molecule has 2 heterocycles. The van der Waals surface area contributed by atoms with Gasteiger partial charge in [0.25, 0.3) is 0 Å². The number of phosphoric acid groups is 1. The average molecular weight is 558 g/mol. The van der Waals surface area contributed by atoms with Gasteiger partial charge in [0.1, 0.15) is 33.9 Å². The number of benzene rings is 2. The standard InChI is InChI=1S/C27H28NO8PS/c1-4-28-23-12-11-21(38(32,33)34)16-22(23)27(2,3)25(28)13-9-17-6-5-7-19-14-18-8-10-20(36-37(29,30)31)15-24(18)35-26(17)19/h8-16H,4-7H2,1-3H3,(H2-,29,30,31,32,33,34)/b13-9+. The van der Waals surface area contributed by atoms with Crippen molar-refractivity contribution in [1.82, 2.24) is 0 Å². The van der Waals surface area contributed by atoms with Crippen molar-refractivity contribution in [1.29, 1.82) is 0 Å². The normalized spacial score (nSPS) is 18.6. The van der Waals surface area contributed by atoms with E-state index in [0.717, 1.165) is 52.9 Å². The molecule has 2 aliphatic heterocycles. The van der Waals surface area contributed by atoms with E-state index in [1.54, 1.807) is 12.1 Å². The third kappa shape index (κ3) is 4.90. The first kappa shape index (κ1) is 26.6. The van der Waals surface area contributed by atoms with Crippen molar-refractivity contribution in [3.05, 3.63) is 76.6 Å². The minimum absolute atomic E-state index is 0.0153. The molecule has 1 aliphatic carbocycles. The zero-order valence-electron chi connectivity index (χ0n) is 21.2. The zero-order valence-corrected chi connectivity index (χ0v) is 22.9. The molecule has 0 radical (unpaired) electrons. The van der Waals surface area contributed by atoms with Gasteiger partial charge in [-0.15, -0.1) is 0 Å². The van der Waals surface area contributed by atoms with Crippen LogP contribution in [0.2, 0.25) is 0 Å². The van der Waals surface area contributed by atoms with Crippen molar-refractivity contribution in [3.63, 3.8) is 0 Å². The predicted octanol–water partition coefficient (Wildman–Crippen LogP) is 4.93. The van der Waals surface area contributed by atoms with Gasteiger partial charge in [-0.2, -0.15) is 4.58 Å². The Hall–Kier alpha value is -3.01. The highest BCUT2D eigenvalue weighted by Gasteiger charge is 2.44. The van der Waals surface area contributed by atoms with Gasteiger partial charge in [-0.3, -0.25) is 9.79 Å². The van der Waals surface area contributed by atoms with Crippen molar-refractivity contribution in [2.75, 3.05) is 6.54 Å². The number of allylic oxidation sites excluding steroid dienone is 4. The largest absolute Gasteiger partial charge is 0.744 e. The molecule has 0 saturated heterocycles. The van der Waals surface area contributed by atoms with Crippen LogP contribution >= 0.6 is 7.82 Å². The second kappa shape index (κ2) is 9.32. The van der Waals surface area contributed by atoms with Gasteiger partial charge < -0.3 is 13.8 Å². The highest BCUT2D eigenvalue weighted by Crippen LogP contribution is 2.45. The van der Waals surface area contributed by atoms with E-state index in [2.05, 4.69) is 4.58 Å². The van der Waals surface area contributed by atoms with Gasteiger partial charge in [-0.05, 0) is 87.6 Å². The van der Waals surface area contributed by atoms with Gasteiger partial charge in [-0.1, -0.05) is 0 Å². The first-order chi connectivity index (χ1) is 17.8. The maximum atomic E-state index is 11.7. The number of hydrogen-bond donors (Lipinski definition) is 2. The van der Waals surface area contributed by atoms with Crippen molar-refractivity contribution in [2.24, 2.45) is 0 Å². The van der Waals surface area contributed by atoms with Crippen molar-refractivity contribution >= 4 is 35.4 Å². The van der Waals surface area contributed by atoms with E-state index in [0.29, 0.717) is 18.1 Å². The van der Waals surface area contributed by atoms with Crippen LogP contribution in [0, 0.1) is 0 Å². The summed E-state index contributed by atoms with van der Waals surface area (Å²) in [6.07, 6.45) is 8.62. The Kier molecular flexibility index (Phi) is 6.52. The molecule has 9 nitrogen and oxygen atoms in total. The van der Waals surface area contributed by atoms with Gasteiger partial charge in [0.2, 0.25) is 5.69 Å². The second-order valence-corrected chi connectivity index (χ2v) is 12.5. The van der Waals surface area contributed by atoms with Crippen LogP contribution in [-0.4, -0.2) is 39.6 Å². The first-order valence-electron chi connectivity index (χ1n) is 12.2. The van der Waals surface area contributed by atoms with Crippen LogP contribution in [0.1, 0.15) is 51.2 Å².